The van der Waals surface area contributed by atoms with E-state index in [9.17, 15) is 8.42 Å². The normalized spacial score (nSPS) is 11.7. The predicted molar refractivity (Wildman–Crippen MR) is 59.4 cm³/mol. The molecule has 15 heavy (non-hydrogen) atoms. The Kier molecular flexibility index (Phi) is 3.36. The first-order chi connectivity index (χ1) is 6.91. The van der Waals surface area contributed by atoms with E-state index in [0.29, 0.717) is 17.7 Å². The minimum atomic E-state index is -4.17. The fourth-order valence-electron chi connectivity index (χ4n) is 1.61. The molecule has 4 nitrogen and oxygen atoms in total. The highest BCUT2D eigenvalue weighted by molar-refractivity contribution is 7.85. The van der Waals surface area contributed by atoms with Gasteiger partial charge in [-0.1, -0.05) is 19.9 Å². The van der Waals surface area contributed by atoms with Crippen LogP contribution in [0.25, 0.3) is 0 Å². The Morgan fingerprint density at radius 2 is 1.87 bits per heavy atom. The molecule has 0 aromatic heterocycles. The highest BCUT2D eigenvalue weighted by atomic mass is 32.2. The van der Waals surface area contributed by atoms with Gasteiger partial charge in [0.25, 0.3) is 10.1 Å². The summed E-state index contributed by atoms with van der Waals surface area (Å²) in [6.45, 7) is 3.75. The number of hydrogen-bond donors (Lipinski definition) is 2. The van der Waals surface area contributed by atoms with Crippen molar-refractivity contribution in [1.29, 1.82) is 0 Å². The van der Waals surface area contributed by atoms with Gasteiger partial charge in [0, 0.05) is 5.69 Å². The maximum absolute atomic E-state index is 11.1. The van der Waals surface area contributed by atoms with Gasteiger partial charge in [-0.3, -0.25) is 4.55 Å². The van der Waals surface area contributed by atoms with E-state index in [1.807, 2.05) is 6.92 Å². The third kappa shape index (κ3) is 2.30. The smallest absolute Gasteiger partial charge is 0.294 e. The number of aryl methyl sites for hydroxylation is 1. The van der Waals surface area contributed by atoms with Crippen LogP contribution in [0.2, 0.25) is 0 Å². The van der Waals surface area contributed by atoms with E-state index in [2.05, 4.69) is 0 Å². The van der Waals surface area contributed by atoms with Gasteiger partial charge in [0.05, 0.1) is 4.90 Å². The van der Waals surface area contributed by atoms with Crippen LogP contribution in [0.15, 0.2) is 17.0 Å². The van der Waals surface area contributed by atoms with Crippen LogP contribution in [0, 0.1) is 0 Å². The number of anilines is 1. The molecular weight excluding hydrogens is 214 g/mol. The zero-order valence-corrected chi connectivity index (χ0v) is 9.63. The summed E-state index contributed by atoms with van der Waals surface area (Å²) in [6, 6.07) is 3.04. The zero-order valence-electron chi connectivity index (χ0n) is 8.82. The second-order valence-corrected chi connectivity index (χ2v) is 4.69. The Hall–Kier alpha value is -1.07. The third-order valence-corrected chi connectivity index (χ3v) is 3.36. The lowest BCUT2D eigenvalue weighted by Crippen LogP contribution is -2.07. The van der Waals surface area contributed by atoms with E-state index in [1.165, 1.54) is 6.07 Å². The molecule has 0 atom stereocenters. The van der Waals surface area contributed by atoms with Crippen LogP contribution in [0.1, 0.15) is 25.0 Å². The lowest BCUT2D eigenvalue weighted by atomic mass is 10.0. The Morgan fingerprint density at radius 3 is 2.27 bits per heavy atom. The van der Waals surface area contributed by atoms with Gasteiger partial charge in [-0.2, -0.15) is 8.42 Å². The molecule has 1 rings (SSSR count). The molecule has 5 heteroatoms. The molecular formula is C10H15NO3S. The molecule has 3 N–H and O–H groups in total. The quantitative estimate of drug-likeness (QED) is 0.610. The fraction of sp³-hybridized carbons (Fsp3) is 0.400. The summed E-state index contributed by atoms with van der Waals surface area (Å²) in [5.41, 5.74) is 7.69. The van der Waals surface area contributed by atoms with Gasteiger partial charge in [0.2, 0.25) is 0 Å². The Bertz CT molecular complexity index is 466. The maximum atomic E-state index is 11.1. The van der Waals surface area contributed by atoms with Crippen molar-refractivity contribution in [3.63, 3.8) is 0 Å². The van der Waals surface area contributed by atoms with E-state index in [0.717, 1.165) is 12.0 Å². The maximum Gasteiger partial charge on any atom is 0.294 e. The molecule has 0 unspecified atom stereocenters. The molecule has 0 saturated heterocycles. The van der Waals surface area contributed by atoms with Gasteiger partial charge in [-0.25, -0.2) is 0 Å². The molecule has 1 aromatic rings. The first kappa shape index (κ1) is 12.0. The van der Waals surface area contributed by atoms with Crippen molar-refractivity contribution in [1.82, 2.24) is 0 Å². The van der Waals surface area contributed by atoms with Gasteiger partial charge in [-0.05, 0) is 30.0 Å². The molecule has 0 aliphatic carbocycles. The number of nitrogens with two attached hydrogens (primary N) is 1. The Balaban J connectivity index is 3.52. The molecule has 0 aliphatic heterocycles. The van der Waals surface area contributed by atoms with E-state index in [1.54, 1.807) is 13.0 Å². The van der Waals surface area contributed by atoms with Crippen LogP contribution in [0.5, 0.6) is 0 Å². The second kappa shape index (κ2) is 4.20. The SMILES string of the molecule is CCc1ccc(S(=O)(=O)O)c(CC)c1N. The van der Waals surface area contributed by atoms with Gasteiger partial charge >= 0.3 is 0 Å². The van der Waals surface area contributed by atoms with Crippen LogP contribution in [-0.2, 0) is 23.0 Å². The van der Waals surface area contributed by atoms with Gasteiger partial charge in [-0.15, -0.1) is 0 Å². The van der Waals surface area contributed by atoms with E-state index >= 15 is 0 Å². The average molecular weight is 229 g/mol. The summed E-state index contributed by atoms with van der Waals surface area (Å²) in [5, 5.41) is 0. The molecule has 1 aromatic carbocycles. The highest BCUT2D eigenvalue weighted by Gasteiger charge is 2.17. The molecule has 0 radical (unpaired) electrons. The van der Waals surface area contributed by atoms with Crippen LogP contribution in [0.4, 0.5) is 5.69 Å². The van der Waals surface area contributed by atoms with Crippen molar-refractivity contribution >= 4 is 15.8 Å². The van der Waals surface area contributed by atoms with E-state index < -0.39 is 10.1 Å². The monoisotopic (exact) mass is 229 g/mol. The fourth-order valence-corrected chi connectivity index (χ4v) is 2.41. The third-order valence-electron chi connectivity index (χ3n) is 2.42. The van der Waals surface area contributed by atoms with Crippen LogP contribution < -0.4 is 5.73 Å². The molecule has 0 spiro atoms. The zero-order chi connectivity index (χ0) is 11.6. The standard InChI is InChI=1S/C10H15NO3S/c1-3-7-5-6-9(15(12,13)14)8(4-2)10(7)11/h5-6H,3-4,11H2,1-2H3,(H,12,13,14). The Labute approximate surface area is 89.9 Å². The summed E-state index contributed by atoms with van der Waals surface area (Å²) in [7, 11) is -4.17. The van der Waals surface area contributed by atoms with E-state index in [4.69, 9.17) is 10.3 Å². The van der Waals surface area contributed by atoms with E-state index in [-0.39, 0.29) is 4.90 Å². The van der Waals surface area contributed by atoms with Gasteiger partial charge < -0.3 is 5.73 Å². The summed E-state index contributed by atoms with van der Waals surface area (Å²) in [4.78, 5) is -0.0836. The summed E-state index contributed by atoms with van der Waals surface area (Å²) in [5.74, 6) is 0. The average Bonchev–Trinajstić information content (AvgIpc) is 2.15. The Morgan fingerprint density at radius 1 is 1.27 bits per heavy atom. The largest absolute Gasteiger partial charge is 0.398 e. The molecule has 84 valence electrons. The first-order valence-corrected chi connectivity index (χ1v) is 6.23. The predicted octanol–water partition coefficient (Wildman–Crippen LogP) is 1.64. The number of rotatable bonds is 3. The van der Waals surface area contributed by atoms with Crippen LogP contribution in [0.3, 0.4) is 0 Å². The summed E-state index contributed by atoms with van der Waals surface area (Å²) in [6.07, 6.45) is 1.22. The lowest BCUT2D eigenvalue weighted by molar-refractivity contribution is 0.482. The highest BCUT2D eigenvalue weighted by Crippen LogP contribution is 2.26. The minimum absolute atomic E-state index is 0.0836. The van der Waals surface area contributed by atoms with Crippen molar-refractivity contribution < 1.29 is 13.0 Å². The van der Waals surface area contributed by atoms with Crippen molar-refractivity contribution in [2.75, 3.05) is 5.73 Å². The summed E-state index contributed by atoms with van der Waals surface area (Å²) >= 11 is 0. The number of nitrogen functional groups attached to an aromatic ring is 1. The molecule has 0 aliphatic rings. The number of hydrogen-bond acceptors (Lipinski definition) is 3. The van der Waals surface area contributed by atoms with Crippen LogP contribution >= 0.6 is 0 Å². The summed E-state index contributed by atoms with van der Waals surface area (Å²) < 4.78 is 31.1. The molecule has 0 saturated carbocycles. The lowest BCUT2D eigenvalue weighted by Gasteiger charge is -2.11. The van der Waals surface area contributed by atoms with Gasteiger partial charge in [0.1, 0.15) is 0 Å². The molecule has 0 bridgehead atoms. The van der Waals surface area contributed by atoms with Crippen LogP contribution in [-0.4, -0.2) is 13.0 Å². The molecule has 0 heterocycles. The first-order valence-electron chi connectivity index (χ1n) is 4.79. The van der Waals surface area contributed by atoms with Gasteiger partial charge in [0.15, 0.2) is 0 Å². The van der Waals surface area contributed by atoms with Crippen molar-refractivity contribution in [2.24, 2.45) is 0 Å². The van der Waals surface area contributed by atoms with Crippen molar-refractivity contribution in [2.45, 2.75) is 31.6 Å². The minimum Gasteiger partial charge on any atom is -0.398 e. The molecule has 0 amide bonds. The topological polar surface area (TPSA) is 80.4 Å². The van der Waals surface area contributed by atoms with Crippen molar-refractivity contribution in [3.05, 3.63) is 23.3 Å². The second-order valence-electron chi connectivity index (χ2n) is 3.30. The molecule has 0 fully saturated rings. The number of benzene rings is 1. The van der Waals surface area contributed by atoms with Crippen molar-refractivity contribution in [3.8, 4) is 0 Å².